The zero-order chi connectivity index (χ0) is 14.9. The quantitative estimate of drug-likeness (QED) is 0.286. The molecule has 0 atom stereocenters. The van der Waals surface area contributed by atoms with Crippen LogP contribution in [-0.4, -0.2) is 37.7 Å². The van der Waals surface area contributed by atoms with Gasteiger partial charge in [0.05, 0.1) is 19.8 Å². The summed E-state index contributed by atoms with van der Waals surface area (Å²) in [5.74, 6) is -2.94. The molecule has 0 saturated heterocycles. The fraction of sp³-hybridized carbons (Fsp3) is 0.615. The first-order chi connectivity index (χ1) is 9.00. The third-order valence-electron chi connectivity index (χ3n) is 2.32. The van der Waals surface area contributed by atoms with E-state index >= 15 is 0 Å². The van der Waals surface area contributed by atoms with E-state index in [0.717, 1.165) is 0 Å². The van der Waals surface area contributed by atoms with Crippen LogP contribution in [0, 0.1) is 5.41 Å². The van der Waals surface area contributed by atoms with E-state index in [-0.39, 0.29) is 26.2 Å². The molecule has 0 aliphatic rings. The number of rotatable bonds is 8. The van der Waals surface area contributed by atoms with E-state index in [4.69, 9.17) is 14.2 Å². The van der Waals surface area contributed by atoms with E-state index in [1.165, 1.54) is 6.08 Å². The highest BCUT2D eigenvalue weighted by atomic mass is 16.6. The highest BCUT2D eigenvalue weighted by Gasteiger charge is 2.56. The molecule has 0 heterocycles. The molecule has 0 aliphatic heterocycles. The third kappa shape index (κ3) is 3.81. The highest BCUT2D eigenvalue weighted by Crippen LogP contribution is 2.29. The molecular weight excluding hydrogens is 252 g/mol. The summed E-state index contributed by atoms with van der Waals surface area (Å²) in [7, 11) is 0. The second-order valence-corrected chi connectivity index (χ2v) is 3.56. The van der Waals surface area contributed by atoms with Gasteiger partial charge < -0.3 is 14.2 Å². The molecule has 0 aromatic rings. The zero-order valence-corrected chi connectivity index (χ0v) is 11.6. The standard InChI is InChI=1S/C13H20O6/c1-5-9-13(10(14)17-6-2,11(15)18-7-3)12(16)19-8-4/h5H,1,6-9H2,2-4H3. The minimum Gasteiger partial charge on any atom is -0.465 e. The molecule has 6 nitrogen and oxygen atoms in total. The van der Waals surface area contributed by atoms with Gasteiger partial charge in [-0.3, -0.25) is 14.4 Å². The molecule has 0 saturated carbocycles. The number of allylic oxidation sites excluding steroid dienone is 1. The van der Waals surface area contributed by atoms with Crippen LogP contribution in [0.4, 0.5) is 0 Å². The molecular formula is C13H20O6. The lowest BCUT2D eigenvalue weighted by Crippen LogP contribution is -2.49. The summed E-state index contributed by atoms with van der Waals surface area (Å²) in [6.07, 6.45) is 1.05. The lowest BCUT2D eigenvalue weighted by molar-refractivity contribution is -0.183. The summed E-state index contributed by atoms with van der Waals surface area (Å²) in [6.45, 7) is 8.29. The van der Waals surface area contributed by atoms with Gasteiger partial charge in [-0.15, -0.1) is 6.58 Å². The first kappa shape index (κ1) is 17.2. The Morgan fingerprint density at radius 3 is 1.42 bits per heavy atom. The summed E-state index contributed by atoms with van der Waals surface area (Å²) in [4.78, 5) is 36.0. The Balaban J connectivity index is 5.57. The first-order valence-corrected chi connectivity index (χ1v) is 6.13. The van der Waals surface area contributed by atoms with E-state index in [1.54, 1.807) is 20.8 Å². The van der Waals surface area contributed by atoms with Gasteiger partial charge in [-0.25, -0.2) is 0 Å². The van der Waals surface area contributed by atoms with Crippen molar-refractivity contribution in [3.8, 4) is 0 Å². The summed E-state index contributed by atoms with van der Waals surface area (Å²) < 4.78 is 14.4. The topological polar surface area (TPSA) is 78.9 Å². The lowest BCUT2D eigenvalue weighted by atomic mass is 9.84. The van der Waals surface area contributed by atoms with Crippen LogP contribution in [0.2, 0.25) is 0 Å². The van der Waals surface area contributed by atoms with Crippen LogP contribution < -0.4 is 0 Å². The van der Waals surface area contributed by atoms with Crippen molar-refractivity contribution in [2.24, 2.45) is 5.41 Å². The van der Waals surface area contributed by atoms with Crippen molar-refractivity contribution in [3.63, 3.8) is 0 Å². The smallest absolute Gasteiger partial charge is 0.335 e. The Kier molecular flexibility index (Phi) is 7.48. The van der Waals surface area contributed by atoms with Gasteiger partial charge in [0.2, 0.25) is 0 Å². The van der Waals surface area contributed by atoms with E-state index in [0.29, 0.717) is 0 Å². The van der Waals surface area contributed by atoms with Crippen LogP contribution in [0.1, 0.15) is 27.2 Å². The maximum Gasteiger partial charge on any atom is 0.335 e. The predicted molar refractivity (Wildman–Crippen MR) is 67.1 cm³/mol. The number of carbonyl (C=O) groups is 3. The van der Waals surface area contributed by atoms with Crippen LogP contribution >= 0.6 is 0 Å². The molecule has 0 unspecified atom stereocenters. The Morgan fingerprint density at radius 1 is 0.895 bits per heavy atom. The maximum absolute atomic E-state index is 12.0. The molecule has 6 heteroatoms. The summed E-state index contributed by atoms with van der Waals surface area (Å²) >= 11 is 0. The molecule has 0 radical (unpaired) electrons. The SMILES string of the molecule is C=CCC(C(=O)OCC)(C(=O)OCC)C(=O)OCC. The van der Waals surface area contributed by atoms with Crippen molar-refractivity contribution in [3.05, 3.63) is 12.7 Å². The second-order valence-electron chi connectivity index (χ2n) is 3.56. The fourth-order valence-electron chi connectivity index (χ4n) is 1.48. The van der Waals surface area contributed by atoms with Crippen molar-refractivity contribution >= 4 is 17.9 Å². The average molecular weight is 272 g/mol. The van der Waals surface area contributed by atoms with Gasteiger partial charge in [0.15, 0.2) is 0 Å². The Hall–Kier alpha value is -1.85. The molecule has 0 rings (SSSR count). The van der Waals surface area contributed by atoms with Crippen LogP contribution in [0.25, 0.3) is 0 Å². The molecule has 108 valence electrons. The van der Waals surface area contributed by atoms with Gasteiger partial charge in [-0.2, -0.15) is 0 Å². The van der Waals surface area contributed by atoms with Crippen molar-refractivity contribution in [2.45, 2.75) is 27.2 Å². The fourth-order valence-corrected chi connectivity index (χ4v) is 1.48. The molecule has 0 bridgehead atoms. The third-order valence-corrected chi connectivity index (χ3v) is 2.32. The molecule has 0 aromatic carbocycles. The highest BCUT2D eigenvalue weighted by molar-refractivity contribution is 6.18. The van der Waals surface area contributed by atoms with E-state index in [9.17, 15) is 14.4 Å². The summed E-state index contributed by atoms with van der Waals surface area (Å²) in [6, 6.07) is 0. The van der Waals surface area contributed by atoms with Gasteiger partial charge >= 0.3 is 17.9 Å². The molecule has 0 spiro atoms. The molecule has 0 amide bonds. The lowest BCUT2D eigenvalue weighted by Gasteiger charge is -2.25. The number of esters is 3. The largest absolute Gasteiger partial charge is 0.465 e. The van der Waals surface area contributed by atoms with E-state index in [2.05, 4.69) is 6.58 Å². The molecule has 0 aliphatic carbocycles. The molecule has 0 fully saturated rings. The second kappa shape index (κ2) is 8.29. The van der Waals surface area contributed by atoms with Crippen LogP contribution in [0.15, 0.2) is 12.7 Å². The van der Waals surface area contributed by atoms with Gasteiger partial charge in [-0.05, 0) is 20.8 Å². The monoisotopic (exact) mass is 272 g/mol. The van der Waals surface area contributed by atoms with Gasteiger partial charge in [0.1, 0.15) is 0 Å². The van der Waals surface area contributed by atoms with E-state index in [1.807, 2.05) is 0 Å². The van der Waals surface area contributed by atoms with Crippen molar-refractivity contribution < 1.29 is 28.6 Å². The van der Waals surface area contributed by atoms with Gasteiger partial charge in [0, 0.05) is 6.42 Å². The number of ether oxygens (including phenoxy) is 3. The summed E-state index contributed by atoms with van der Waals surface area (Å²) in [5, 5.41) is 0. The van der Waals surface area contributed by atoms with Crippen LogP contribution in [0.3, 0.4) is 0 Å². The number of hydrogen-bond donors (Lipinski definition) is 0. The normalized spacial score (nSPS) is 10.5. The molecule has 19 heavy (non-hydrogen) atoms. The van der Waals surface area contributed by atoms with Gasteiger partial charge in [0.25, 0.3) is 5.41 Å². The zero-order valence-electron chi connectivity index (χ0n) is 11.6. The molecule has 0 aromatic heterocycles. The Morgan fingerprint density at radius 2 is 1.21 bits per heavy atom. The predicted octanol–water partition coefficient (Wildman–Crippen LogP) is 1.24. The Bertz CT molecular complexity index is 301. The minimum absolute atomic E-state index is 0.0382. The van der Waals surface area contributed by atoms with Crippen LogP contribution in [-0.2, 0) is 28.6 Å². The average Bonchev–Trinajstić information content (AvgIpc) is 2.36. The van der Waals surface area contributed by atoms with Crippen LogP contribution in [0.5, 0.6) is 0 Å². The maximum atomic E-state index is 12.0. The Labute approximate surface area is 112 Å². The van der Waals surface area contributed by atoms with Crippen molar-refractivity contribution in [2.75, 3.05) is 19.8 Å². The van der Waals surface area contributed by atoms with E-state index < -0.39 is 23.3 Å². The number of hydrogen-bond acceptors (Lipinski definition) is 6. The summed E-state index contributed by atoms with van der Waals surface area (Å²) in [5.41, 5.74) is -2.12. The van der Waals surface area contributed by atoms with Gasteiger partial charge in [-0.1, -0.05) is 6.08 Å². The minimum atomic E-state index is -2.12. The van der Waals surface area contributed by atoms with Crippen molar-refractivity contribution in [1.29, 1.82) is 0 Å². The van der Waals surface area contributed by atoms with Crippen molar-refractivity contribution in [1.82, 2.24) is 0 Å². The number of carbonyl (C=O) groups excluding carboxylic acids is 3. The molecule has 0 N–H and O–H groups in total. The first-order valence-electron chi connectivity index (χ1n) is 6.13.